The fourth-order valence-electron chi connectivity index (χ4n) is 1.35. The highest BCUT2D eigenvalue weighted by molar-refractivity contribution is 9.11. The molecular weight excluding hydrogens is 332 g/mol. The van der Waals surface area contributed by atoms with E-state index < -0.39 is 0 Å². The molecule has 5 heteroatoms. The lowest BCUT2D eigenvalue weighted by molar-refractivity contribution is -0.0874. The molecule has 14 heavy (non-hydrogen) atoms. The van der Waals surface area contributed by atoms with Crippen LogP contribution in [0.5, 0.6) is 0 Å². The van der Waals surface area contributed by atoms with Gasteiger partial charge in [-0.1, -0.05) is 15.9 Å². The van der Waals surface area contributed by atoms with Crippen LogP contribution in [-0.2, 0) is 9.47 Å². The Balaban J connectivity index is 2.07. The van der Waals surface area contributed by atoms with E-state index in [1.807, 2.05) is 0 Å². The normalized spacial score (nSPS) is 24.9. The van der Waals surface area contributed by atoms with Crippen molar-refractivity contribution >= 4 is 43.2 Å². The SMILES string of the molecule is Brc1ccsc1C(Br)C1COCCO1. The van der Waals surface area contributed by atoms with Gasteiger partial charge in [0.25, 0.3) is 0 Å². The van der Waals surface area contributed by atoms with Gasteiger partial charge in [0.05, 0.1) is 30.8 Å². The fraction of sp³-hybridized carbons (Fsp3) is 0.556. The van der Waals surface area contributed by atoms with Crippen LogP contribution in [0.4, 0.5) is 0 Å². The van der Waals surface area contributed by atoms with Crippen LogP contribution >= 0.6 is 43.2 Å². The maximum atomic E-state index is 5.63. The van der Waals surface area contributed by atoms with E-state index in [-0.39, 0.29) is 10.9 Å². The number of ether oxygens (including phenoxy) is 2. The smallest absolute Gasteiger partial charge is 0.0983 e. The number of hydrogen-bond donors (Lipinski definition) is 0. The summed E-state index contributed by atoms with van der Waals surface area (Å²) >= 11 is 8.89. The first kappa shape index (κ1) is 11.1. The van der Waals surface area contributed by atoms with Crippen LogP contribution in [0.15, 0.2) is 15.9 Å². The van der Waals surface area contributed by atoms with E-state index in [4.69, 9.17) is 9.47 Å². The molecule has 2 nitrogen and oxygen atoms in total. The first-order valence-electron chi connectivity index (χ1n) is 4.35. The van der Waals surface area contributed by atoms with Gasteiger partial charge in [-0.25, -0.2) is 0 Å². The minimum Gasteiger partial charge on any atom is -0.376 e. The van der Waals surface area contributed by atoms with Gasteiger partial charge in [-0.05, 0) is 27.4 Å². The minimum atomic E-state index is 0.124. The molecule has 1 aliphatic heterocycles. The van der Waals surface area contributed by atoms with Crippen molar-refractivity contribution in [2.24, 2.45) is 0 Å². The average molecular weight is 342 g/mol. The zero-order chi connectivity index (χ0) is 9.97. The largest absolute Gasteiger partial charge is 0.376 e. The molecule has 0 aliphatic carbocycles. The van der Waals surface area contributed by atoms with Crippen LogP contribution in [-0.4, -0.2) is 25.9 Å². The third-order valence-corrected chi connectivity index (χ3v) is 5.37. The predicted molar refractivity (Wildman–Crippen MR) is 64.2 cm³/mol. The molecule has 1 aromatic heterocycles. The quantitative estimate of drug-likeness (QED) is 0.768. The molecule has 1 aliphatic rings. The molecule has 1 aromatic rings. The second kappa shape index (κ2) is 5.07. The Kier molecular flexibility index (Phi) is 4.01. The zero-order valence-corrected chi connectivity index (χ0v) is 11.4. The molecule has 2 unspecified atom stereocenters. The van der Waals surface area contributed by atoms with Crippen molar-refractivity contribution in [3.63, 3.8) is 0 Å². The topological polar surface area (TPSA) is 18.5 Å². The molecule has 0 radical (unpaired) electrons. The highest BCUT2D eigenvalue weighted by atomic mass is 79.9. The summed E-state index contributed by atoms with van der Waals surface area (Å²) in [6.45, 7) is 2.07. The second-order valence-corrected chi connectivity index (χ2v) is 5.81. The van der Waals surface area contributed by atoms with Crippen molar-refractivity contribution < 1.29 is 9.47 Å². The maximum Gasteiger partial charge on any atom is 0.0983 e. The van der Waals surface area contributed by atoms with Crippen LogP contribution in [0.2, 0.25) is 0 Å². The average Bonchev–Trinajstić information content (AvgIpc) is 2.65. The van der Waals surface area contributed by atoms with Crippen molar-refractivity contribution in [2.45, 2.75) is 10.9 Å². The lowest BCUT2D eigenvalue weighted by Gasteiger charge is -2.26. The standard InChI is InChI=1S/C9H10Br2O2S/c10-6-1-4-14-9(6)8(11)7-5-12-2-3-13-7/h1,4,7-8H,2-3,5H2. The van der Waals surface area contributed by atoms with Crippen LogP contribution in [0.3, 0.4) is 0 Å². The molecule has 2 rings (SSSR count). The summed E-state index contributed by atoms with van der Waals surface area (Å²) in [5.41, 5.74) is 0. The molecule has 1 fully saturated rings. The molecule has 78 valence electrons. The highest BCUT2D eigenvalue weighted by Crippen LogP contribution is 2.38. The lowest BCUT2D eigenvalue weighted by atomic mass is 10.2. The minimum absolute atomic E-state index is 0.124. The maximum absolute atomic E-state index is 5.63. The highest BCUT2D eigenvalue weighted by Gasteiger charge is 2.26. The van der Waals surface area contributed by atoms with E-state index in [1.165, 1.54) is 4.88 Å². The fourth-order valence-corrected chi connectivity index (χ4v) is 4.18. The number of thiophene rings is 1. The molecule has 1 saturated heterocycles. The van der Waals surface area contributed by atoms with Gasteiger partial charge in [0.15, 0.2) is 0 Å². The van der Waals surface area contributed by atoms with Crippen molar-refractivity contribution in [3.8, 4) is 0 Å². The predicted octanol–water partition coefficient (Wildman–Crippen LogP) is 3.36. The molecule has 0 spiro atoms. The number of hydrogen-bond acceptors (Lipinski definition) is 3. The van der Waals surface area contributed by atoms with E-state index >= 15 is 0 Å². The van der Waals surface area contributed by atoms with E-state index in [0.717, 1.165) is 4.47 Å². The first-order chi connectivity index (χ1) is 6.79. The summed E-state index contributed by atoms with van der Waals surface area (Å²) in [6, 6.07) is 2.05. The van der Waals surface area contributed by atoms with E-state index in [1.54, 1.807) is 11.3 Å². The van der Waals surface area contributed by atoms with Crippen LogP contribution in [0.25, 0.3) is 0 Å². The first-order valence-corrected chi connectivity index (χ1v) is 6.94. The zero-order valence-electron chi connectivity index (χ0n) is 7.41. The third-order valence-electron chi connectivity index (χ3n) is 2.06. The Morgan fingerprint density at radius 2 is 2.36 bits per heavy atom. The summed E-state index contributed by atoms with van der Waals surface area (Å²) in [7, 11) is 0. The number of rotatable bonds is 2. The van der Waals surface area contributed by atoms with Gasteiger partial charge >= 0.3 is 0 Å². The Labute approximate surface area is 104 Å². The Bertz CT molecular complexity index is 297. The van der Waals surface area contributed by atoms with Gasteiger partial charge in [-0.2, -0.15) is 0 Å². The summed E-state index contributed by atoms with van der Waals surface area (Å²) in [4.78, 5) is 1.48. The van der Waals surface area contributed by atoms with Crippen molar-refractivity contribution in [3.05, 3.63) is 20.8 Å². The van der Waals surface area contributed by atoms with Gasteiger partial charge < -0.3 is 9.47 Å². The van der Waals surface area contributed by atoms with Gasteiger partial charge in [0.1, 0.15) is 0 Å². The molecule has 0 saturated carbocycles. The van der Waals surface area contributed by atoms with Gasteiger partial charge in [-0.3, -0.25) is 0 Å². The van der Waals surface area contributed by atoms with Crippen LogP contribution < -0.4 is 0 Å². The number of alkyl halides is 1. The van der Waals surface area contributed by atoms with Crippen LogP contribution in [0, 0.1) is 0 Å². The van der Waals surface area contributed by atoms with E-state index in [9.17, 15) is 0 Å². The van der Waals surface area contributed by atoms with E-state index in [2.05, 4.69) is 43.3 Å². The number of halogens is 2. The Hall–Kier alpha value is 0.580. The second-order valence-electron chi connectivity index (χ2n) is 3.02. The molecule has 0 N–H and O–H groups in total. The summed E-state index contributed by atoms with van der Waals surface area (Å²) in [5, 5.41) is 2.07. The monoisotopic (exact) mass is 340 g/mol. The summed E-state index contributed by atoms with van der Waals surface area (Å²) in [5.74, 6) is 0. The molecular formula is C9H10Br2O2S. The molecule has 0 amide bonds. The summed E-state index contributed by atoms with van der Waals surface area (Å²) in [6.07, 6.45) is 0.124. The van der Waals surface area contributed by atoms with Gasteiger partial charge in [-0.15, -0.1) is 11.3 Å². The Morgan fingerprint density at radius 1 is 1.50 bits per heavy atom. The van der Waals surface area contributed by atoms with Gasteiger partial charge in [0.2, 0.25) is 0 Å². The molecule has 2 heterocycles. The lowest BCUT2D eigenvalue weighted by Crippen LogP contribution is -2.31. The molecule has 0 bridgehead atoms. The van der Waals surface area contributed by atoms with E-state index in [0.29, 0.717) is 19.8 Å². The van der Waals surface area contributed by atoms with Gasteiger partial charge in [0, 0.05) is 9.35 Å². The summed E-state index contributed by atoms with van der Waals surface area (Å²) < 4.78 is 12.1. The van der Waals surface area contributed by atoms with Crippen molar-refractivity contribution in [1.82, 2.24) is 0 Å². The molecule has 2 atom stereocenters. The van der Waals surface area contributed by atoms with Crippen molar-refractivity contribution in [2.75, 3.05) is 19.8 Å². The third kappa shape index (κ3) is 2.39. The van der Waals surface area contributed by atoms with Crippen LogP contribution in [0.1, 0.15) is 9.70 Å². The Morgan fingerprint density at radius 3 is 2.93 bits per heavy atom. The molecule has 0 aromatic carbocycles. The van der Waals surface area contributed by atoms with Crippen molar-refractivity contribution in [1.29, 1.82) is 0 Å².